The van der Waals surface area contributed by atoms with Crippen LogP contribution in [0, 0.1) is 11.3 Å². The van der Waals surface area contributed by atoms with Crippen LogP contribution in [0.1, 0.15) is 53.4 Å². The van der Waals surface area contributed by atoms with E-state index in [1.165, 1.54) is 0 Å². The quantitative estimate of drug-likeness (QED) is 0.382. The van der Waals surface area contributed by atoms with E-state index in [0.29, 0.717) is 25.4 Å². The van der Waals surface area contributed by atoms with Crippen molar-refractivity contribution < 1.29 is 14.3 Å². The second kappa shape index (κ2) is 7.70. The maximum atomic E-state index is 11.9. The van der Waals surface area contributed by atoms with Gasteiger partial charge in [0.05, 0.1) is 6.61 Å². The van der Waals surface area contributed by atoms with Gasteiger partial charge in [-0.2, -0.15) is 0 Å². The van der Waals surface area contributed by atoms with Crippen molar-refractivity contribution in [3.63, 3.8) is 0 Å². The van der Waals surface area contributed by atoms with Crippen molar-refractivity contribution in [2.24, 2.45) is 11.3 Å². The van der Waals surface area contributed by atoms with Crippen molar-refractivity contribution >= 4 is 22.8 Å². The molecule has 0 N–H and O–H groups in total. The molecule has 0 saturated carbocycles. The molecule has 0 fully saturated rings. The number of esters is 1. The summed E-state index contributed by atoms with van der Waals surface area (Å²) < 4.78 is 5.22. The van der Waals surface area contributed by atoms with Crippen LogP contribution < -0.4 is 0 Å². The normalized spacial score (nSPS) is 13.2. The third-order valence-electron chi connectivity index (χ3n) is 3.25. The maximum absolute atomic E-state index is 11.9. The van der Waals surface area contributed by atoms with Crippen LogP contribution in [0.25, 0.3) is 0 Å². The molecular weight excluding hydrogens is 240 g/mol. The molecule has 0 aromatic heterocycles. The van der Waals surface area contributed by atoms with E-state index < -0.39 is 16.6 Å². The maximum Gasteiger partial charge on any atom is 0.320 e. The standard InChI is InChI=1S/C13H23ClO3/c1-5-8-10(4)9-17-12(16)13(6-2,7-3)11(14)15/h10H,5-9H2,1-4H3. The average molecular weight is 263 g/mol. The zero-order chi connectivity index (χ0) is 13.5. The van der Waals surface area contributed by atoms with Crippen molar-refractivity contribution in [1.29, 1.82) is 0 Å². The fourth-order valence-electron chi connectivity index (χ4n) is 1.83. The largest absolute Gasteiger partial charge is 0.465 e. The smallest absolute Gasteiger partial charge is 0.320 e. The molecule has 0 aromatic rings. The van der Waals surface area contributed by atoms with Gasteiger partial charge in [0.2, 0.25) is 5.24 Å². The lowest BCUT2D eigenvalue weighted by atomic mass is 9.84. The molecule has 0 rings (SSSR count). The van der Waals surface area contributed by atoms with Gasteiger partial charge < -0.3 is 4.74 Å². The molecule has 0 bridgehead atoms. The van der Waals surface area contributed by atoms with Gasteiger partial charge in [0, 0.05) is 0 Å². The molecule has 100 valence electrons. The molecule has 0 amide bonds. The summed E-state index contributed by atoms with van der Waals surface area (Å²) in [5, 5.41) is -0.615. The van der Waals surface area contributed by atoms with E-state index in [9.17, 15) is 9.59 Å². The molecule has 1 unspecified atom stereocenters. The Bertz CT molecular complexity index is 259. The Kier molecular flexibility index (Phi) is 7.44. The molecule has 0 aromatic carbocycles. The first-order valence-electron chi connectivity index (χ1n) is 6.31. The molecular formula is C13H23ClO3. The minimum atomic E-state index is -1.16. The number of hydrogen-bond acceptors (Lipinski definition) is 3. The predicted octanol–water partition coefficient (Wildman–Crippen LogP) is 3.54. The predicted molar refractivity (Wildman–Crippen MR) is 68.9 cm³/mol. The highest BCUT2D eigenvalue weighted by molar-refractivity contribution is 6.66. The van der Waals surface area contributed by atoms with Gasteiger partial charge in [0.1, 0.15) is 5.41 Å². The number of hydrogen-bond donors (Lipinski definition) is 0. The van der Waals surface area contributed by atoms with E-state index in [0.717, 1.165) is 12.8 Å². The van der Waals surface area contributed by atoms with Crippen LogP contribution in [0.2, 0.25) is 0 Å². The van der Waals surface area contributed by atoms with Gasteiger partial charge in [-0.25, -0.2) is 0 Å². The van der Waals surface area contributed by atoms with E-state index in [-0.39, 0.29) is 0 Å². The van der Waals surface area contributed by atoms with E-state index in [1.807, 2.05) is 6.92 Å². The fraction of sp³-hybridized carbons (Fsp3) is 0.846. The summed E-state index contributed by atoms with van der Waals surface area (Å²) in [6.45, 7) is 8.03. The lowest BCUT2D eigenvalue weighted by Crippen LogP contribution is -2.38. The monoisotopic (exact) mass is 262 g/mol. The summed E-state index contributed by atoms with van der Waals surface area (Å²) in [6, 6.07) is 0. The van der Waals surface area contributed by atoms with Crippen LogP contribution in [0.4, 0.5) is 0 Å². The zero-order valence-electron chi connectivity index (χ0n) is 11.2. The van der Waals surface area contributed by atoms with E-state index in [4.69, 9.17) is 16.3 Å². The Morgan fingerprint density at radius 3 is 2.12 bits per heavy atom. The molecule has 17 heavy (non-hydrogen) atoms. The summed E-state index contributed by atoms with van der Waals surface area (Å²) in [7, 11) is 0. The fourth-order valence-corrected chi connectivity index (χ4v) is 2.17. The first kappa shape index (κ1) is 16.4. The second-order valence-corrected chi connectivity index (χ2v) is 4.90. The third kappa shape index (κ3) is 4.30. The number of halogens is 1. The lowest BCUT2D eigenvalue weighted by molar-refractivity contribution is -0.160. The number of carbonyl (C=O) groups excluding carboxylic acids is 2. The number of rotatable bonds is 8. The van der Waals surface area contributed by atoms with Gasteiger partial charge in [0.25, 0.3) is 0 Å². The van der Waals surface area contributed by atoms with Crippen molar-refractivity contribution in [2.75, 3.05) is 6.61 Å². The Morgan fingerprint density at radius 1 is 1.24 bits per heavy atom. The van der Waals surface area contributed by atoms with Gasteiger partial charge >= 0.3 is 5.97 Å². The molecule has 0 saturated heterocycles. The Hall–Kier alpha value is -0.570. The van der Waals surface area contributed by atoms with Crippen molar-refractivity contribution in [3.8, 4) is 0 Å². The van der Waals surface area contributed by atoms with Crippen LogP contribution in [0.3, 0.4) is 0 Å². The highest BCUT2D eigenvalue weighted by Crippen LogP contribution is 2.31. The van der Waals surface area contributed by atoms with Gasteiger partial charge in [-0.1, -0.05) is 34.1 Å². The van der Waals surface area contributed by atoms with Gasteiger partial charge in [-0.3, -0.25) is 9.59 Å². The molecule has 3 nitrogen and oxygen atoms in total. The van der Waals surface area contributed by atoms with Crippen LogP contribution >= 0.6 is 11.6 Å². The van der Waals surface area contributed by atoms with Gasteiger partial charge in [0.15, 0.2) is 0 Å². The SMILES string of the molecule is CCCC(C)COC(=O)C(CC)(CC)C(=O)Cl. The second-order valence-electron chi connectivity index (χ2n) is 4.56. The topological polar surface area (TPSA) is 43.4 Å². The molecule has 0 aliphatic heterocycles. The van der Waals surface area contributed by atoms with Crippen LogP contribution in [0.5, 0.6) is 0 Å². The molecule has 4 heteroatoms. The molecule has 1 atom stereocenters. The summed E-state index contributed by atoms with van der Waals surface area (Å²) >= 11 is 5.53. The summed E-state index contributed by atoms with van der Waals surface area (Å²) in [6.07, 6.45) is 2.83. The minimum Gasteiger partial charge on any atom is -0.465 e. The molecule has 0 radical (unpaired) electrons. The number of carbonyl (C=O) groups is 2. The van der Waals surface area contributed by atoms with Gasteiger partial charge in [-0.05, 0) is 36.8 Å². The molecule has 0 heterocycles. The minimum absolute atomic E-state index is 0.320. The Balaban J connectivity index is 4.50. The van der Waals surface area contributed by atoms with Crippen molar-refractivity contribution in [2.45, 2.75) is 53.4 Å². The van der Waals surface area contributed by atoms with Crippen LogP contribution in [0.15, 0.2) is 0 Å². The highest BCUT2D eigenvalue weighted by atomic mass is 35.5. The first-order valence-corrected chi connectivity index (χ1v) is 6.69. The third-order valence-corrected chi connectivity index (χ3v) is 3.62. The average Bonchev–Trinajstić information content (AvgIpc) is 2.28. The summed E-state index contributed by atoms with van der Waals surface area (Å²) in [5.74, 6) is -0.161. The Labute approximate surface area is 109 Å². The zero-order valence-corrected chi connectivity index (χ0v) is 12.0. The van der Waals surface area contributed by atoms with Crippen LogP contribution in [-0.4, -0.2) is 17.8 Å². The lowest BCUT2D eigenvalue weighted by Gasteiger charge is -2.25. The molecule has 0 aliphatic carbocycles. The van der Waals surface area contributed by atoms with Crippen molar-refractivity contribution in [3.05, 3.63) is 0 Å². The van der Waals surface area contributed by atoms with Crippen molar-refractivity contribution in [1.82, 2.24) is 0 Å². The summed E-state index contributed by atoms with van der Waals surface area (Å²) in [4.78, 5) is 23.4. The van der Waals surface area contributed by atoms with Crippen LogP contribution in [-0.2, 0) is 14.3 Å². The summed E-state index contributed by atoms with van der Waals surface area (Å²) in [5.41, 5.74) is -1.16. The Morgan fingerprint density at radius 2 is 1.76 bits per heavy atom. The van der Waals surface area contributed by atoms with E-state index in [1.54, 1.807) is 13.8 Å². The van der Waals surface area contributed by atoms with E-state index >= 15 is 0 Å². The number of ether oxygens (including phenoxy) is 1. The molecule has 0 spiro atoms. The highest BCUT2D eigenvalue weighted by Gasteiger charge is 2.43. The molecule has 0 aliphatic rings. The van der Waals surface area contributed by atoms with Gasteiger partial charge in [-0.15, -0.1) is 0 Å². The van der Waals surface area contributed by atoms with E-state index in [2.05, 4.69) is 6.92 Å². The first-order chi connectivity index (χ1) is 7.94.